The standard InChI is InChI=1S/C26H25N3O2S2/c1-16(2)18-5-7-20(8-6-18)27-26-28-23-13-21(33(30)31)9-10-24(23)29(26)14-19-15-32-25-11-4-17(3)12-22(19)25/h4-13,15-16H,14H2,1-3H3,(H,27,28)(H,30,31). The van der Waals surface area contributed by atoms with Crippen LogP contribution in [0.4, 0.5) is 11.6 Å². The van der Waals surface area contributed by atoms with Gasteiger partial charge >= 0.3 is 0 Å². The Morgan fingerprint density at radius 3 is 2.61 bits per heavy atom. The molecule has 168 valence electrons. The van der Waals surface area contributed by atoms with E-state index in [1.54, 1.807) is 23.5 Å². The van der Waals surface area contributed by atoms with Crippen molar-refractivity contribution in [2.75, 3.05) is 5.32 Å². The maximum Gasteiger partial charge on any atom is 0.208 e. The van der Waals surface area contributed by atoms with Gasteiger partial charge in [0.2, 0.25) is 5.95 Å². The Bertz CT molecular complexity index is 1480. The topological polar surface area (TPSA) is 67.2 Å². The fourth-order valence-electron chi connectivity index (χ4n) is 4.04. The number of hydrogen-bond donors (Lipinski definition) is 2. The Labute approximate surface area is 199 Å². The first kappa shape index (κ1) is 21.8. The highest BCUT2D eigenvalue weighted by atomic mass is 32.2. The van der Waals surface area contributed by atoms with Crippen molar-refractivity contribution in [3.63, 3.8) is 0 Å². The van der Waals surface area contributed by atoms with E-state index in [0.29, 0.717) is 28.8 Å². The van der Waals surface area contributed by atoms with Gasteiger partial charge in [-0.05, 0) is 71.1 Å². The van der Waals surface area contributed by atoms with Crippen LogP contribution in [0.25, 0.3) is 21.1 Å². The van der Waals surface area contributed by atoms with Gasteiger partial charge in [0.1, 0.15) is 0 Å². The Hall–Kier alpha value is -3.00. The van der Waals surface area contributed by atoms with E-state index in [4.69, 9.17) is 4.98 Å². The molecule has 0 aliphatic heterocycles. The first-order valence-electron chi connectivity index (χ1n) is 10.8. The number of nitrogens with one attached hydrogen (secondary N) is 1. The molecule has 0 fully saturated rings. The number of hydrogen-bond acceptors (Lipinski definition) is 4. The van der Waals surface area contributed by atoms with Crippen molar-refractivity contribution in [1.82, 2.24) is 9.55 Å². The number of thiophene rings is 1. The largest absolute Gasteiger partial charge is 0.326 e. The van der Waals surface area contributed by atoms with Gasteiger partial charge in [-0.25, -0.2) is 9.19 Å². The third-order valence-corrected chi connectivity index (χ3v) is 7.56. The molecule has 5 nitrogen and oxygen atoms in total. The van der Waals surface area contributed by atoms with E-state index in [-0.39, 0.29) is 0 Å². The van der Waals surface area contributed by atoms with Crippen molar-refractivity contribution in [3.8, 4) is 0 Å². The van der Waals surface area contributed by atoms with Crippen LogP contribution in [0.15, 0.2) is 70.9 Å². The monoisotopic (exact) mass is 475 g/mol. The van der Waals surface area contributed by atoms with Crippen molar-refractivity contribution >= 4 is 55.2 Å². The molecule has 0 bridgehead atoms. The SMILES string of the molecule is Cc1ccc2scc(Cn3c(Nc4ccc(C(C)C)cc4)nc4cc(S(=O)O)ccc43)c2c1. The van der Waals surface area contributed by atoms with Crippen LogP contribution in [0.3, 0.4) is 0 Å². The van der Waals surface area contributed by atoms with Gasteiger partial charge in [0.05, 0.1) is 22.5 Å². The van der Waals surface area contributed by atoms with E-state index in [1.807, 2.05) is 6.07 Å². The van der Waals surface area contributed by atoms with E-state index >= 15 is 0 Å². The number of aromatic nitrogens is 2. The molecule has 1 atom stereocenters. The number of anilines is 2. The van der Waals surface area contributed by atoms with Crippen LogP contribution in [0.1, 0.15) is 36.5 Å². The molecule has 3 aromatic carbocycles. The highest BCUT2D eigenvalue weighted by Crippen LogP contribution is 2.31. The molecule has 0 radical (unpaired) electrons. The van der Waals surface area contributed by atoms with Gasteiger partial charge in [0.25, 0.3) is 0 Å². The average molecular weight is 476 g/mol. The summed E-state index contributed by atoms with van der Waals surface area (Å²) in [5.41, 5.74) is 6.30. The fourth-order valence-corrected chi connectivity index (χ4v) is 5.37. The van der Waals surface area contributed by atoms with Gasteiger partial charge in [-0.15, -0.1) is 11.3 Å². The molecule has 2 N–H and O–H groups in total. The van der Waals surface area contributed by atoms with Crippen molar-refractivity contribution in [3.05, 3.63) is 82.7 Å². The lowest BCUT2D eigenvalue weighted by Crippen LogP contribution is -2.05. The summed E-state index contributed by atoms with van der Waals surface area (Å²) >= 11 is -0.305. The number of nitrogens with zero attached hydrogens (tertiary/aromatic N) is 2. The van der Waals surface area contributed by atoms with Crippen LogP contribution in [0, 0.1) is 6.92 Å². The molecule has 7 heteroatoms. The molecule has 5 rings (SSSR count). The summed E-state index contributed by atoms with van der Waals surface area (Å²) in [6, 6.07) is 20.2. The predicted molar refractivity (Wildman–Crippen MR) is 138 cm³/mol. The smallest absolute Gasteiger partial charge is 0.208 e. The first-order valence-corrected chi connectivity index (χ1v) is 12.8. The summed E-state index contributed by atoms with van der Waals surface area (Å²) in [7, 11) is 0. The molecule has 2 aromatic heterocycles. The number of rotatable bonds is 6. The van der Waals surface area contributed by atoms with E-state index in [9.17, 15) is 8.76 Å². The molecule has 1 unspecified atom stereocenters. The van der Waals surface area contributed by atoms with Gasteiger partial charge in [-0.2, -0.15) is 0 Å². The molecule has 0 aliphatic carbocycles. The van der Waals surface area contributed by atoms with E-state index in [2.05, 4.69) is 78.5 Å². The highest BCUT2D eigenvalue weighted by Gasteiger charge is 2.15. The van der Waals surface area contributed by atoms with Crippen molar-refractivity contribution < 1.29 is 8.76 Å². The van der Waals surface area contributed by atoms with Crippen LogP contribution in [-0.2, 0) is 17.6 Å². The Morgan fingerprint density at radius 1 is 1.09 bits per heavy atom. The summed E-state index contributed by atoms with van der Waals surface area (Å²) in [6.45, 7) is 7.11. The molecule has 0 saturated heterocycles. The van der Waals surface area contributed by atoms with Crippen LogP contribution in [0.2, 0.25) is 0 Å². The highest BCUT2D eigenvalue weighted by molar-refractivity contribution is 7.79. The number of fused-ring (bicyclic) bond motifs is 2. The van der Waals surface area contributed by atoms with Crippen LogP contribution in [-0.4, -0.2) is 18.3 Å². The molecule has 2 heterocycles. The summed E-state index contributed by atoms with van der Waals surface area (Å²) < 4.78 is 24.6. The second kappa shape index (κ2) is 8.74. The normalized spacial score (nSPS) is 12.6. The summed E-state index contributed by atoms with van der Waals surface area (Å²) in [5.74, 6) is 1.17. The van der Waals surface area contributed by atoms with Gasteiger partial charge in [-0.1, -0.05) is 43.7 Å². The lowest BCUT2D eigenvalue weighted by molar-refractivity contribution is 0.564. The van der Waals surface area contributed by atoms with Gasteiger partial charge < -0.3 is 14.4 Å². The maximum absolute atomic E-state index is 11.6. The Kier molecular flexibility index (Phi) is 5.78. The Morgan fingerprint density at radius 2 is 1.88 bits per heavy atom. The molecule has 0 amide bonds. The van der Waals surface area contributed by atoms with E-state index in [1.165, 1.54) is 26.8 Å². The molecule has 33 heavy (non-hydrogen) atoms. The third-order valence-electron chi connectivity index (χ3n) is 5.89. The molecular formula is C26H25N3O2S2. The van der Waals surface area contributed by atoms with E-state index in [0.717, 1.165) is 11.2 Å². The number of imidazole rings is 1. The Balaban J connectivity index is 1.60. The van der Waals surface area contributed by atoms with Crippen molar-refractivity contribution in [1.29, 1.82) is 0 Å². The molecule has 0 saturated carbocycles. The minimum atomic E-state index is -2.05. The minimum absolute atomic E-state index is 0.344. The van der Waals surface area contributed by atoms with Gasteiger partial charge in [-0.3, -0.25) is 0 Å². The summed E-state index contributed by atoms with van der Waals surface area (Å²) in [6.07, 6.45) is 0. The summed E-state index contributed by atoms with van der Waals surface area (Å²) in [4.78, 5) is 5.14. The first-order chi connectivity index (χ1) is 15.9. The zero-order chi connectivity index (χ0) is 23.1. The second-order valence-corrected chi connectivity index (χ2v) is 10.5. The fraction of sp³-hybridized carbons (Fsp3) is 0.192. The quantitative estimate of drug-likeness (QED) is 0.258. The second-order valence-electron chi connectivity index (χ2n) is 8.58. The zero-order valence-electron chi connectivity index (χ0n) is 18.7. The number of benzene rings is 3. The molecule has 0 spiro atoms. The minimum Gasteiger partial charge on any atom is -0.326 e. The van der Waals surface area contributed by atoms with Crippen LogP contribution >= 0.6 is 11.3 Å². The molecule has 5 aromatic rings. The maximum atomic E-state index is 11.6. The molecule has 0 aliphatic rings. The van der Waals surface area contributed by atoms with Crippen LogP contribution < -0.4 is 5.32 Å². The van der Waals surface area contributed by atoms with Gasteiger partial charge in [0, 0.05) is 10.4 Å². The lowest BCUT2D eigenvalue weighted by Gasteiger charge is -2.12. The summed E-state index contributed by atoms with van der Waals surface area (Å²) in [5, 5.41) is 6.92. The third kappa shape index (κ3) is 4.31. The van der Waals surface area contributed by atoms with Crippen molar-refractivity contribution in [2.24, 2.45) is 0 Å². The van der Waals surface area contributed by atoms with Gasteiger partial charge in [0.15, 0.2) is 11.1 Å². The van der Waals surface area contributed by atoms with Crippen LogP contribution in [0.5, 0.6) is 0 Å². The van der Waals surface area contributed by atoms with E-state index < -0.39 is 11.1 Å². The predicted octanol–water partition coefficient (Wildman–Crippen LogP) is 7.06. The lowest BCUT2D eigenvalue weighted by atomic mass is 10.0. The zero-order valence-corrected chi connectivity index (χ0v) is 20.3. The number of aryl methyl sites for hydroxylation is 1. The molecular weight excluding hydrogens is 450 g/mol. The average Bonchev–Trinajstić information content (AvgIpc) is 3.34. The van der Waals surface area contributed by atoms with Crippen molar-refractivity contribution in [2.45, 2.75) is 38.1 Å².